The zero-order valence-corrected chi connectivity index (χ0v) is 15.3. The Morgan fingerprint density at radius 1 is 1.17 bits per heavy atom. The Morgan fingerprint density at radius 3 is 2.46 bits per heavy atom. The van der Waals surface area contributed by atoms with Crippen LogP contribution in [0.4, 0.5) is 0 Å². The molecule has 2 rings (SSSR count). The first kappa shape index (κ1) is 19.4. The number of carbonyl (C=O) groups is 2. The summed E-state index contributed by atoms with van der Waals surface area (Å²) in [6.07, 6.45) is 7.12. The molecular weight excluding hydrogens is 308 g/mol. The van der Waals surface area contributed by atoms with Gasteiger partial charge in [0.25, 0.3) is 0 Å². The minimum Gasteiger partial charge on any atom is -0.465 e. The molecule has 2 fully saturated rings. The number of hydrogen-bond donors (Lipinski definition) is 0. The summed E-state index contributed by atoms with van der Waals surface area (Å²) in [5, 5.41) is 0. The molecule has 3 unspecified atom stereocenters. The Balaban J connectivity index is 2.15. The van der Waals surface area contributed by atoms with Crippen molar-refractivity contribution >= 4 is 11.8 Å². The van der Waals surface area contributed by atoms with Gasteiger partial charge in [-0.15, -0.1) is 0 Å². The lowest BCUT2D eigenvalue weighted by Crippen LogP contribution is -2.41. The second kappa shape index (κ2) is 8.95. The van der Waals surface area contributed by atoms with Crippen LogP contribution in [0.3, 0.4) is 0 Å². The maximum atomic E-state index is 12.4. The molecule has 0 aromatic heterocycles. The number of carbonyl (C=O) groups excluding carboxylic acids is 2. The van der Waals surface area contributed by atoms with Gasteiger partial charge in [-0.1, -0.05) is 32.6 Å². The highest BCUT2D eigenvalue weighted by atomic mass is 16.7. The number of esters is 1. The zero-order valence-electron chi connectivity index (χ0n) is 15.3. The molecule has 0 bridgehead atoms. The molecule has 1 saturated carbocycles. The van der Waals surface area contributed by atoms with Crippen LogP contribution in [0, 0.1) is 17.8 Å². The van der Waals surface area contributed by atoms with E-state index < -0.39 is 11.7 Å². The highest BCUT2D eigenvalue weighted by molar-refractivity contribution is 5.98. The third-order valence-electron chi connectivity index (χ3n) is 5.46. The molecule has 3 atom stereocenters. The molecule has 0 aromatic rings. The molecule has 0 aromatic carbocycles. The largest absolute Gasteiger partial charge is 0.465 e. The van der Waals surface area contributed by atoms with Gasteiger partial charge in [0.05, 0.1) is 19.8 Å². The van der Waals surface area contributed by atoms with Crippen molar-refractivity contribution in [2.75, 3.05) is 19.8 Å². The highest BCUT2D eigenvalue weighted by Crippen LogP contribution is 2.51. The Bertz CT molecular complexity index is 427. The second-order valence-electron chi connectivity index (χ2n) is 7.01. The van der Waals surface area contributed by atoms with E-state index >= 15 is 0 Å². The SMILES string of the molecule is CCCCCCC1C(C(C(C)=O)C(=O)OCC)CCC12OCCO2. The summed E-state index contributed by atoms with van der Waals surface area (Å²) in [7, 11) is 0. The summed E-state index contributed by atoms with van der Waals surface area (Å²) in [5.74, 6) is -1.71. The van der Waals surface area contributed by atoms with Crippen LogP contribution in [0.2, 0.25) is 0 Å². The third-order valence-corrected chi connectivity index (χ3v) is 5.46. The van der Waals surface area contributed by atoms with Crippen molar-refractivity contribution in [3.63, 3.8) is 0 Å². The van der Waals surface area contributed by atoms with Crippen LogP contribution >= 0.6 is 0 Å². The topological polar surface area (TPSA) is 61.8 Å². The number of ketones is 1. The van der Waals surface area contributed by atoms with Crippen LogP contribution in [0.1, 0.15) is 65.7 Å². The van der Waals surface area contributed by atoms with Gasteiger partial charge in [-0.25, -0.2) is 0 Å². The molecule has 0 N–H and O–H groups in total. The lowest BCUT2D eigenvalue weighted by atomic mass is 9.78. The van der Waals surface area contributed by atoms with E-state index in [2.05, 4.69) is 6.92 Å². The molecular formula is C19H32O5. The Kier molecular flexibility index (Phi) is 7.23. The van der Waals surface area contributed by atoms with Gasteiger partial charge in [-0.2, -0.15) is 0 Å². The Morgan fingerprint density at radius 2 is 1.88 bits per heavy atom. The van der Waals surface area contributed by atoms with Crippen LogP contribution in [-0.2, 0) is 23.8 Å². The van der Waals surface area contributed by atoms with Crippen molar-refractivity contribution in [3.8, 4) is 0 Å². The molecule has 24 heavy (non-hydrogen) atoms. The third kappa shape index (κ3) is 4.17. The fourth-order valence-electron chi connectivity index (χ4n) is 4.41. The maximum Gasteiger partial charge on any atom is 0.316 e. The molecule has 2 aliphatic rings. The molecule has 5 heteroatoms. The van der Waals surface area contributed by atoms with E-state index in [1.54, 1.807) is 6.92 Å². The van der Waals surface area contributed by atoms with E-state index in [1.807, 2.05) is 0 Å². The number of rotatable bonds is 9. The molecule has 0 radical (unpaired) electrons. The van der Waals surface area contributed by atoms with Crippen LogP contribution in [-0.4, -0.2) is 37.4 Å². The number of unbranched alkanes of at least 4 members (excludes halogenated alkanes) is 3. The smallest absolute Gasteiger partial charge is 0.316 e. The lowest BCUT2D eigenvalue weighted by molar-refractivity contribution is -0.191. The number of ether oxygens (including phenoxy) is 3. The molecule has 5 nitrogen and oxygen atoms in total. The Hall–Kier alpha value is -0.940. The molecule has 138 valence electrons. The van der Waals surface area contributed by atoms with Crippen molar-refractivity contribution in [1.29, 1.82) is 0 Å². The van der Waals surface area contributed by atoms with Gasteiger partial charge >= 0.3 is 5.97 Å². The highest BCUT2D eigenvalue weighted by Gasteiger charge is 2.56. The van der Waals surface area contributed by atoms with Crippen molar-refractivity contribution in [2.45, 2.75) is 71.5 Å². The van der Waals surface area contributed by atoms with Crippen LogP contribution < -0.4 is 0 Å². The molecule has 1 saturated heterocycles. The van der Waals surface area contributed by atoms with E-state index in [0.717, 1.165) is 25.7 Å². The normalized spacial score (nSPS) is 26.6. The molecule has 0 amide bonds. The quantitative estimate of drug-likeness (QED) is 0.365. The summed E-state index contributed by atoms with van der Waals surface area (Å²) < 4.78 is 17.1. The predicted molar refractivity (Wildman–Crippen MR) is 90.4 cm³/mol. The van der Waals surface area contributed by atoms with Gasteiger partial charge in [0.15, 0.2) is 5.79 Å². The first-order valence-corrected chi connectivity index (χ1v) is 9.50. The monoisotopic (exact) mass is 340 g/mol. The average molecular weight is 340 g/mol. The molecule has 1 aliphatic heterocycles. The summed E-state index contributed by atoms with van der Waals surface area (Å²) in [6, 6.07) is 0. The minimum atomic E-state index is -0.687. The fraction of sp³-hybridized carbons (Fsp3) is 0.895. The van der Waals surface area contributed by atoms with Crippen LogP contribution in [0.15, 0.2) is 0 Å². The van der Waals surface area contributed by atoms with Gasteiger partial charge in [-0.05, 0) is 32.6 Å². The van der Waals surface area contributed by atoms with E-state index in [1.165, 1.54) is 26.2 Å². The van der Waals surface area contributed by atoms with E-state index in [9.17, 15) is 9.59 Å². The molecule has 1 spiro atoms. The predicted octanol–water partition coefficient (Wildman–Crippen LogP) is 3.49. The summed E-state index contributed by atoms with van der Waals surface area (Å²) in [4.78, 5) is 24.6. The van der Waals surface area contributed by atoms with Gasteiger partial charge in [0.1, 0.15) is 11.7 Å². The number of hydrogen-bond acceptors (Lipinski definition) is 5. The second-order valence-corrected chi connectivity index (χ2v) is 7.01. The zero-order chi connectivity index (χ0) is 17.6. The van der Waals surface area contributed by atoms with E-state index in [0.29, 0.717) is 19.8 Å². The standard InChI is InChI=1S/C19H32O5/c1-4-6-7-8-9-16-15(10-11-19(16)23-12-13-24-19)17(14(3)20)18(21)22-5-2/h15-17H,4-13H2,1-3H3. The number of Topliss-reactive ketones (excluding diaryl/α,β-unsaturated/α-hetero) is 1. The van der Waals surface area contributed by atoms with Gasteiger partial charge < -0.3 is 14.2 Å². The summed E-state index contributed by atoms with van der Waals surface area (Å²) in [6.45, 7) is 6.96. The lowest BCUT2D eigenvalue weighted by Gasteiger charge is -2.34. The van der Waals surface area contributed by atoms with E-state index in [4.69, 9.17) is 14.2 Å². The Labute approximate surface area is 145 Å². The van der Waals surface area contributed by atoms with Crippen molar-refractivity contribution in [2.24, 2.45) is 17.8 Å². The average Bonchev–Trinajstić information content (AvgIpc) is 3.14. The van der Waals surface area contributed by atoms with Crippen LogP contribution in [0.5, 0.6) is 0 Å². The summed E-state index contributed by atoms with van der Waals surface area (Å²) in [5.41, 5.74) is 0. The first-order valence-electron chi connectivity index (χ1n) is 9.50. The first-order chi connectivity index (χ1) is 11.6. The van der Waals surface area contributed by atoms with Crippen molar-refractivity contribution in [3.05, 3.63) is 0 Å². The maximum absolute atomic E-state index is 12.4. The van der Waals surface area contributed by atoms with Gasteiger partial charge in [-0.3, -0.25) is 9.59 Å². The van der Waals surface area contributed by atoms with E-state index in [-0.39, 0.29) is 23.6 Å². The van der Waals surface area contributed by atoms with Crippen LogP contribution in [0.25, 0.3) is 0 Å². The molecule has 1 aliphatic carbocycles. The van der Waals surface area contributed by atoms with Crippen molar-refractivity contribution < 1.29 is 23.8 Å². The van der Waals surface area contributed by atoms with Gasteiger partial charge in [0.2, 0.25) is 0 Å². The fourth-order valence-corrected chi connectivity index (χ4v) is 4.41. The molecule has 1 heterocycles. The summed E-state index contributed by atoms with van der Waals surface area (Å²) >= 11 is 0. The van der Waals surface area contributed by atoms with Gasteiger partial charge in [0, 0.05) is 12.3 Å². The van der Waals surface area contributed by atoms with Crippen molar-refractivity contribution in [1.82, 2.24) is 0 Å². The minimum absolute atomic E-state index is 0.0405.